The van der Waals surface area contributed by atoms with Gasteiger partial charge >= 0.3 is 0 Å². The molecular weight excluding hydrogens is 330 g/mol. The van der Waals surface area contributed by atoms with Crippen molar-refractivity contribution in [1.82, 2.24) is 0 Å². The molecule has 3 aromatic rings. The van der Waals surface area contributed by atoms with Crippen molar-refractivity contribution in [2.24, 2.45) is 0 Å². The maximum atomic E-state index is 10.7. The van der Waals surface area contributed by atoms with Crippen LogP contribution in [0, 0.1) is 6.92 Å². The monoisotopic (exact) mass is 351 g/mol. The van der Waals surface area contributed by atoms with Gasteiger partial charge in [-0.15, -0.1) is 0 Å². The molecule has 0 radical (unpaired) electrons. The molecule has 0 amide bonds. The largest absolute Gasteiger partial charge is 0.388 e. The molecule has 3 rings (SSSR count). The van der Waals surface area contributed by atoms with Crippen LogP contribution < -0.4 is 5.32 Å². The molecule has 0 aliphatic rings. The number of aliphatic hydroxyl groups excluding tert-OH is 1. The number of nitrogens with one attached hydrogen (secondary N) is 1. The number of benzene rings is 3. The normalized spacial score (nSPS) is 13.2. The first-order valence-corrected chi connectivity index (χ1v) is 8.81. The maximum Gasteiger partial charge on any atom is 0.0813 e. The zero-order chi connectivity index (χ0) is 17.6. The fourth-order valence-electron chi connectivity index (χ4n) is 2.94. The molecule has 3 heteroatoms. The minimum absolute atomic E-state index is 0.00804. The summed E-state index contributed by atoms with van der Waals surface area (Å²) in [6.45, 7) is 2.07. The van der Waals surface area contributed by atoms with Crippen molar-refractivity contribution >= 4 is 17.3 Å². The van der Waals surface area contributed by atoms with Crippen LogP contribution >= 0.6 is 11.6 Å². The van der Waals surface area contributed by atoms with E-state index in [0.29, 0.717) is 11.4 Å². The molecule has 2 nitrogen and oxygen atoms in total. The fraction of sp³-hybridized carbons (Fsp3) is 0.182. The van der Waals surface area contributed by atoms with Crippen LogP contribution in [0.5, 0.6) is 0 Å². The van der Waals surface area contributed by atoms with Gasteiger partial charge in [0.15, 0.2) is 0 Å². The Labute approximate surface area is 154 Å². The number of anilines is 1. The summed E-state index contributed by atoms with van der Waals surface area (Å²) in [5.41, 5.74) is 4.28. The third-order valence-corrected chi connectivity index (χ3v) is 4.53. The van der Waals surface area contributed by atoms with E-state index < -0.39 is 6.10 Å². The van der Waals surface area contributed by atoms with Crippen molar-refractivity contribution < 1.29 is 5.11 Å². The van der Waals surface area contributed by atoms with Crippen molar-refractivity contribution in [1.29, 1.82) is 0 Å². The molecule has 0 heterocycles. The Morgan fingerprint density at radius 1 is 0.880 bits per heavy atom. The second-order valence-electron chi connectivity index (χ2n) is 6.28. The van der Waals surface area contributed by atoms with Gasteiger partial charge in [0.05, 0.1) is 12.1 Å². The predicted molar refractivity (Wildman–Crippen MR) is 105 cm³/mol. The highest BCUT2D eigenvalue weighted by Gasteiger charge is 2.18. The molecule has 2 unspecified atom stereocenters. The van der Waals surface area contributed by atoms with Crippen LogP contribution in [0.2, 0.25) is 5.02 Å². The molecule has 0 spiro atoms. The highest BCUT2D eigenvalue weighted by Crippen LogP contribution is 2.30. The topological polar surface area (TPSA) is 32.3 Å². The molecule has 0 aliphatic heterocycles. The summed E-state index contributed by atoms with van der Waals surface area (Å²) < 4.78 is 0. The van der Waals surface area contributed by atoms with E-state index >= 15 is 0 Å². The third-order valence-electron chi connectivity index (χ3n) is 4.27. The summed E-state index contributed by atoms with van der Waals surface area (Å²) >= 11 is 5.95. The second kappa shape index (κ2) is 8.19. The Hall–Kier alpha value is -2.29. The van der Waals surface area contributed by atoms with Crippen LogP contribution in [0.4, 0.5) is 5.69 Å². The minimum Gasteiger partial charge on any atom is -0.388 e. The van der Waals surface area contributed by atoms with Gasteiger partial charge in [-0.3, -0.25) is 0 Å². The minimum atomic E-state index is -0.570. The molecule has 0 aromatic heterocycles. The van der Waals surface area contributed by atoms with E-state index in [1.807, 2.05) is 48.5 Å². The van der Waals surface area contributed by atoms with E-state index in [1.54, 1.807) is 0 Å². The molecular formula is C22H22ClNO. The summed E-state index contributed by atoms with van der Waals surface area (Å²) in [5, 5.41) is 14.9. The molecule has 2 atom stereocenters. The average Bonchev–Trinajstić information content (AvgIpc) is 2.62. The molecule has 0 saturated carbocycles. The molecule has 0 fully saturated rings. The van der Waals surface area contributed by atoms with Crippen LogP contribution in [0.25, 0.3) is 0 Å². The van der Waals surface area contributed by atoms with Crippen molar-refractivity contribution in [3.8, 4) is 0 Å². The van der Waals surface area contributed by atoms with Crippen molar-refractivity contribution in [2.75, 3.05) is 5.32 Å². The quantitative estimate of drug-likeness (QED) is 0.577. The lowest BCUT2D eigenvalue weighted by atomic mass is 9.96. The fourth-order valence-corrected chi connectivity index (χ4v) is 3.07. The van der Waals surface area contributed by atoms with Gasteiger partial charge in [-0.05, 0) is 47.9 Å². The van der Waals surface area contributed by atoms with Gasteiger partial charge in [-0.25, -0.2) is 0 Å². The highest BCUT2D eigenvalue weighted by molar-refractivity contribution is 6.30. The van der Waals surface area contributed by atoms with Crippen molar-refractivity contribution in [2.45, 2.75) is 25.5 Å². The van der Waals surface area contributed by atoms with Crippen molar-refractivity contribution in [3.63, 3.8) is 0 Å². The standard InChI is InChI=1S/C22H22ClNO/c1-16-6-5-9-20(14-16)24-21(17-7-3-2-4-8-17)15-22(25)18-10-12-19(23)13-11-18/h2-14,21-22,24-25H,15H2,1H3. The van der Waals surface area contributed by atoms with E-state index in [9.17, 15) is 5.11 Å². The molecule has 0 saturated heterocycles. The molecule has 0 bridgehead atoms. The zero-order valence-corrected chi connectivity index (χ0v) is 14.9. The number of rotatable bonds is 6. The third kappa shape index (κ3) is 4.85. The summed E-state index contributed by atoms with van der Waals surface area (Å²) in [7, 11) is 0. The number of aliphatic hydroxyl groups is 1. The molecule has 25 heavy (non-hydrogen) atoms. The van der Waals surface area contributed by atoms with Gasteiger partial charge in [0.2, 0.25) is 0 Å². The Balaban J connectivity index is 1.82. The lowest BCUT2D eigenvalue weighted by Gasteiger charge is -2.24. The van der Waals surface area contributed by atoms with Crippen LogP contribution in [0.1, 0.15) is 35.3 Å². The lowest BCUT2D eigenvalue weighted by molar-refractivity contribution is 0.160. The number of hydrogen-bond donors (Lipinski definition) is 2. The van der Waals surface area contributed by atoms with Crippen LogP contribution in [0.3, 0.4) is 0 Å². The lowest BCUT2D eigenvalue weighted by Crippen LogP contribution is -2.15. The Morgan fingerprint density at radius 3 is 2.28 bits per heavy atom. The van der Waals surface area contributed by atoms with Gasteiger partial charge < -0.3 is 10.4 Å². The Bertz CT molecular complexity index is 802. The van der Waals surface area contributed by atoms with Gasteiger partial charge in [0.25, 0.3) is 0 Å². The summed E-state index contributed by atoms with van der Waals surface area (Å²) in [6.07, 6.45) is -0.000611. The van der Waals surface area contributed by atoms with E-state index in [-0.39, 0.29) is 6.04 Å². The van der Waals surface area contributed by atoms with Gasteiger partial charge in [0, 0.05) is 17.1 Å². The zero-order valence-electron chi connectivity index (χ0n) is 14.2. The number of aryl methyl sites for hydroxylation is 1. The number of hydrogen-bond acceptors (Lipinski definition) is 2. The first kappa shape index (κ1) is 17.5. The summed E-state index contributed by atoms with van der Waals surface area (Å²) in [4.78, 5) is 0. The van der Waals surface area contributed by atoms with Gasteiger partial charge in [-0.1, -0.05) is 66.2 Å². The van der Waals surface area contributed by atoms with E-state index in [0.717, 1.165) is 16.8 Å². The predicted octanol–water partition coefficient (Wildman–Crippen LogP) is 5.93. The SMILES string of the molecule is Cc1cccc(NC(CC(O)c2ccc(Cl)cc2)c2ccccc2)c1. The maximum absolute atomic E-state index is 10.7. The first-order valence-electron chi connectivity index (χ1n) is 8.43. The summed E-state index contributed by atoms with van der Waals surface area (Å²) in [6, 6.07) is 25.9. The van der Waals surface area contributed by atoms with Crippen molar-refractivity contribution in [3.05, 3.63) is 101 Å². The molecule has 3 aromatic carbocycles. The van der Waals surface area contributed by atoms with E-state index in [1.165, 1.54) is 5.56 Å². The highest BCUT2D eigenvalue weighted by atomic mass is 35.5. The molecule has 2 N–H and O–H groups in total. The van der Waals surface area contributed by atoms with Gasteiger partial charge in [-0.2, -0.15) is 0 Å². The Kier molecular flexibility index (Phi) is 5.75. The Morgan fingerprint density at radius 2 is 1.60 bits per heavy atom. The molecule has 0 aliphatic carbocycles. The summed E-state index contributed by atoms with van der Waals surface area (Å²) in [5.74, 6) is 0. The van der Waals surface area contributed by atoms with Crippen LogP contribution in [0.15, 0.2) is 78.9 Å². The van der Waals surface area contributed by atoms with E-state index in [2.05, 4.69) is 42.6 Å². The number of halogens is 1. The average molecular weight is 352 g/mol. The van der Waals surface area contributed by atoms with Crippen LogP contribution in [-0.4, -0.2) is 5.11 Å². The molecule has 128 valence electrons. The second-order valence-corrected chi connectivity index (χ2v) is 6.72. The smallest absolute Gasteiger partial charge is 0.0813 e. The van der Waals surface area contributed by atoms with E-state index in [4.69, 9.17) is 11.6 Å². The van der Waals surface area contributed by atoms with Gasteiger partial charge in [0.1, 0.15) is 0 Å². The first-order chi connectivity index (χ1) is 12.1. The van der Waals surface area contributed by atoms with Crippen LogP contribution in [-0.2, 0) is 0 Å².